The van der Waals surface area contributed by atoms with E-state index in [0.29, 0.717) is 5.69 Å². The monoisotopic (exact) mass is 340 g/mol. The van der Waals surface area contributed by atoms with Crippen molar-refractivity contribution in [2.75, 3.05) is 0 Å². The van der Waals surface area contributed by atoms with E-state index in [0.717, 1.165) is 16.7 Å². The topological polar surface area (TPSA) is 51.2 Å². The van der Waals surface area contributed by atoms with Gasteiger partial charge in [0.15, 0.2) is 6.10 Å². The van der Waals surface area contributed by atoms with Crippen molar-refractivity contribution in [2.45, 2.75) is 12.1 Å². The van der Waals surface area contributed by atoms with Crippen molar-refractivity contribution in [3.8, 4) is 11.8 Å². The molecule has 2 aromatic carbocycles. The van der Waals surface area contributed by atoms with Crippen molar-refractivity contribution < 1.29 is 9.53 Å². The molecule has 4 rings (SSSR count). The summed E-state index contributed by atoms with van der Waals surface area (Å²) < 4.78 is 5.48. The Labute approximate surface area is 151 Å². The normalized spacial score (nSPS) is 18.4. The second-order valence-corrected chi connectivity index (χ2v) is 5.95. The summed E-state index contributed by atoms with van der Waals surface area (Å²) in [5.41, 5.74) is 3.44. The molecule has 1 aliphatic heterocycles. The zero-order valence-corrected chi connectivity index (χ0v) is 13.9. The van der Waals surface area contributed by atoms with E-state index in [1.165, 1.54) is 0 Å². The SMILES string of the molecule is O=C1N[C@H](c2ccnc(C#Cc3ccccc3)c2)[C@@H](c2ccccc2)O1. The first-order chi connectivity index (χ1) is 12.8. The van der Waals surface area contributed by atoms with Crippen molar-refractivity contribution in [1.29, 1.82) is 0 Å². The van der Waals surface area contributed by atoms with Gasteiger partial charge in [-0.15, -0.1) is 0 Å². The number of rotatable bonds is 2. The number of amides is 1. The summed E-state index contributed by atoms with van der Waals surface area (Å²) in [6.07, 6.45) is 0.912. The lowest BCUT2D eigenvalue weighted by Gasteiger charge is -2.17. The Kier molecular flexibility index (Phi) is 4.36. The van der Waals surface area contributed by atoms with Crippen LogP contribution in [0.4, 0.5) is 4.79 Å². The summed E-state index contributed by atoms with van der Waals surface area (Å²) in [6, 6.07) is 23.0. The number of carbonyl (C=O) groups is 1. The van der Waals surface area contributed by atoms with E-state index >= 15 is 0 Å². The molecule has 0 unspecified atom stereocenters. The van der Waals surface area contributed by atoms with E-state index < -0.39 is 6.09 Å². The molecule has 0 bridgehead atoms. The molecule has 0 saturated carbocycles. The number of ether oxygens (including phenoxy) is 1. The summed E-state index contributed by atoms with van der Waals surface area (Å²) in [5.74, 6) is 6.18. The van der Waals surface area contributed by atoms with Crippen LogP contribution in [-0.2, 0) is 4.74 Å². The van der Waals surface area contributed by atoms with E-state index in [1.54, 1.807) is 6.20 Å². The molecular weight excluding hydrogens is 324 g/mol. The molecular formula is C22H16N2O2. The highest BCUT2D eigenvalue weighted by Crippen LogP contribution is 2.36. The van der Waals surface area contributed by atoms with Crippen LogP contribution in [0.5, 0.6) is 0 Å². The van der Waals surface area contributed by atoms with Crippen LogP contribution in [0.25, 0.3) is 0 Å². The smallest absolute Gasteiger partial charge is 0.408 e. The molecule has 2 heterocycles. The van der Waals surface area contributed by atoms with Crippen molar-refractivity contribution in [3.63, 3.8) is 0 Å². The molecule has 1 aliphatic rings. The third kappa shape index (κ3) is 3.42. The fraction of sp³-hybridized carbons (Fsp3) is 0.0909. The van der Waals surface area contributed by atoms with Crippen LogP contribution in [0.15, 0.2) is 79.0 Å². The van der Waals surface area contributed by atoms with Crippen molar-refractivity contribution in [3.05, 3.63) is 101 Å². The lowest BCUT2D eigenvalue weighted by atomic mass is 9.97. The molecule has 0 aliphatic carbocycles. The molecule has 3 aromatic rings. The van der Waals surface area contributed by atoms with E-state index in [4.69, 9.17) is 4.74 Å². The van der Waals surface area contributed by atoms with Crippen LogP contribution in [0.2, 0.25) is 0 Å². The molecule has 26 heavy (non-hydrogen) atoms. The minimum atomic E-state index is -0.419. The van der Waals surface area contributed by atoms with E-state index in [9.17, 15) is 4.79 Å². The predicted octanol–water partition coefficient (Wildman–Crippen LogP) is 4.00. The summed E-state index contributed by atoms with van der Waals surface area (Å²) in [4.78, 5) is 16.1. The quantitative estimate of drug-likeness (QED) is 0.717. The number of hydrogen-bond acceptors (Lipinski definition) is 3. The van der Waals surface area contributed by atoms with Gasteiger partial charge in [-0.2, -0.15) is 0 Å². The summed E-state index contributed by atoms with van der Waals surface area (Å²) in [5, 5.41) is 2.88. The maximum Gasteiger partial charge on any atom is 0.408 e. The van der Waals surface area contributed by atoms with Crippen LogP contribution < -0.4 is 5.32 Å². The number of hydrogen-bond donors (Lipinski definition) is 1. The molecule has 0 radical (unpaired) electrons. The molecule has 1 N–H and O–H groups in total. The minimum absolute atomic E-state index is 0.273. The fourth-order valence-corrected chi connectivity index (χ4v) is 2.95. The second-order valence-electron chi connectivity index (χ2n) is 5.95. The Balaban J connectivity index is 1.63. The molecule has 4 nitrogen and oxygen atoms in total. The number of cyclic esters (lactones) is 1. The molecule has 0 spiro atoms. The van der Waals surface area contributed by atoms with Gasteiger partial charge < -0.3 is 10.1 Å². The number of nitrogens with zero attached hydrogens (tertiary/aromatic N) is 1. The largest absolute Gasteiger partial charge is 0.439 e. The fourth-order valence-electron chi connectivity index (χ4n) is 2.95. The number of pyridine rings is 1. The Morgan fingerprint density at radius 3 is 2.38 bits per heavy atom. The van der Waals surface area contributed by atoms with Crippen LogP contribution in [0, 0.1) is 11.8 Å². The lowest BCUT2D eigenvalue weighted by molar-refractivity contribution is 0.132. The van der Waals surface area contributed by atoms with E-state index in [1.807, 2.05) is 72.8 Å². The van der Waals surface area contributed by atoms with Gasteiger partial charge in [0, 0.05) is 11.8 Å². The molecule has 126 valence electrons. The molecule has 4 heteroatoms. The number of carbonyl (C=O) groups excluding carboxylic acids is 1. The van der Waals surface area contributed by atoms with E-state index in [-0.39, 0.29) is 12.1 Å². The number of nitrogens with one attached hydrogen (secondary N) is 1. The average Bonchev–Trinajstić information content (AvgIpc) is 3.10. The first kappa shape index (κ1) is 15.9. The third-order valence-electron chi connectivity index (χ3n) is 4.19. The molecule has 1 saturated heterocycles. The summed E-state index contributed by atoms with van der Waals surface area (Å²) >= 11 is 0. The van der Waals surface area contributed by atoms with Gasteiger partial charge in [-0.3, -0.25) is 0 Å². The van der Waals surface area contributed by atoms with Gasteiger partial charge in [0.05, 0.1) is 6.04 Å². The highest BCUT2D eigenvalue weighted by atomic mass is 16.6. The lowest BCUT2D eigenvalue weighted by Crippen LogP contribution is -2.19. The summed E-state index contributed by atoms with van der Waals surface area (Å²) in [6.45, 7) is 0. The van der Waals surface area contributed by atoms with Crippen LogP contribution >= 0.6 is 0 Å². The maximum absolute atomic E-state index is 11.8. The second kappa shape index (κ2) is 7.12. The third-order valence-corrected chi connectivity index (χ3v) is 4.19. The van der Waals surface area contributed by atoms with Gasteiger partial charge in [-0.25, -0.2) is 9.78 Å². The van der Waals surface area contributed by atoms with Gasteiger partial charge in [0.1, 0.15) is 5.69 Å². The number of aromatic nitrogens is 1. The number of alkyl carbamates (subject to hydrolysis) is 1. The first-order valence-electron chi connectivity index (χ1n) is 8.35. The zero-order valence-electron chi connectivity index (χ0n) is 13.9. The Morgan fingerprint density at radius 2 is 1.62 bits per heavy atom. The standard InChI is InChI=1S/C22H16N2O2/c25-22-24-20(21(26-22)17-9-5-2-6-10-17)18-13-14-23-19(15-18)12-11-16-7-3-1-4-8-16/h1-10,13-15,20-21H,(H,24,25)/t20-,21-/m1/s1. The van der Waals surface area contributed by atoms with Crippen LogP contribution in [0.3, 0.4) is 0 Å². The van der Waals surface area contributed by atoms with Crippen molar-refractivity contribution in [1.82, 2.24) is 10.3 Å². The van der Waals surface area contributed by atoms with Gasteiger partial charge in [-0.05, 0) is 41.3 Å². The first-order valence-corrected chi connectivity index (χ1v) is 8.35. The molecule has 2 atom stereocenters. The minimum Gasteiger partial charge on any atom is -0.439 e. The Hall–Kier alpha value is -3.58. The molecule has 1 amide bonds. The average molecular weight is 340 g/mol. The van der Waals surface area contributed by atoms with Crippen molar-refractivity contribution >= 4 is 6.09 Å². The van der Waals surface area contributed by atoms with E-state index in [2.05, 4.69) is 22.1 Å². The zero-order chi connectivity index (χ0) is 17.8. The summed E-state index contributed by atoms with van der Waals surface area (Å²) in [7, 11) is 0. The van der Waals surface area contributed by atoms with Crippen LogP contribution in [-0.4, -0.2) is 11.1 Å². The predicted molar refractivity (Wildman–Crippen MR) is 98.2 cm³/mol. The number of benzene rings is 2. The highest BCUT2D eigenvalue weighted by molar-refractivity contribution is 5.71. The molecule has 1 aromatic heterocycles. The highest BCUT2D eigenvalue weighted by Gasteiger charge is 2.36. The van der Waals surface area contributed by atoms with Gasteiger partial charge in [-0.1, -0.05) is 54.5 Å². The molecule has 1 fully saturated rings. The van der Waals surface area contributed by atoms with Crippen molar-refractivity contribution in [2.24, 2.45) is 0 Å². The van der Waals surface area contributed by atoms with Gasteiger partial charge in [0.2, 0.25) is 0 Å². The maximum atomic E-state index is 11.8. The van der Waals surface area contributed by atoms with Crippen LogP contribution in [0.1, 0.15) is 34.5 Å². The Morgan fingerprint density at radius 1 is 0.885 bits per heavy atom. The van der Waals surface area contributed by atoms with Gasteiger partial charge in [0.25, 0.3) is 0 Å². The Bertz CT molecular complexity index is 975. The van der Waals surface area contributed by atoms with Gasteiger partial charge >= 0.3 is 6.09 Å².